The third kappa shape index (κ3) is 3.41. The van der Waals surface area contributed by atoms with E-state index in [4.69, 9.17) is 0 Å². The maximum atomic E-state index is 3.73. The van der Waals surface area contributed by atoms with Gasteiger partial charge in [-0.2, -0.15) is 0 Å². The van der Waals surface area contributed by atoms with E-state index in [0.717, 1.165) is 5.69 Å². The first kappa shape index (κ1) is 18.3. The maximum Gasteiger partial charge on any atom is 0.0464 e. The van der Waals surface area contributed by atoms with E-state index in [0.29, 0.717) is 0 Å². The van der Waals surface area contributed by atoms with Crippen LogP contribution in [0.3, 0.4) is 0 Å². The average molecular weight is 366 g/mol. The van der Waals surface area contributed by atoms with Crippen molar-refractivity contribution >= 4 is 22.1 Å². The van der Waals surface area contributed by atoms with Gasteiger partial charge >= 0.3 is 0 Å². The smallest absolute Gasteiger partial charge is 0.0464 e. The first-order chi connectivity index (χ1) is 13.4. The molecule has 0 heterocycles. The Morgan fingerprint density at radius 2 is 1.18 bits per heavy atom. The lowest BCUT2D eigenvalue weighted by Crippen LogP contribution is -2.13. The Morgan fingerprint density at radius 3 is 1.93 bits per heavy atom. The minimum atomic E-state index is 0.0785. The van der Waals surface area contributed by atoms with E-state index in [2.05, 4.69) is 118 Å². The van der Waals surface area contributed by atoms with Crippen LogP contribution in [-0.2, 0) is 5.41 Å². The van der Waals surface area contributed by atoms with Gasteiger partial charge in [0.25, 0.3) is 0 Å². The van der Waals surface area contributed by atoms with Crippen molar-refractivity contribution in [2.45, 2.75) is 33.1 Å². The van der Waals surface area contributed by atoms with Crippen molar-refractivity contribution in [2.24, 2.45) is 0 Å². The summed E-state index contributed by atoms with van der Waals surface area (Å²) in [6.07, 6.45) is 0. The normalized spacial score (nSPS) is 11.6. The van der Waals surface area contributed by atoms with Gasteiger partial charge in [-0.25, -0.2) is 0 Å². The summed E-state index contributed by atoms with van der Waals surface area (Å²) < 4.78 is 0. The molecule has 4 aromatic carbocycles. The fourth-order valence-corrected chi connectivity index (χ4v) is 3.90. The molecule has 0 bridgehead atoms. The summed E-state index contributed by atoms with van der Waals surface area (Å²) in [4.78, 5) is 0. The predicted molar refractivity (Wildman–Crippen MR) is 123 cm³/mol. The van der Waals surface area contributed by atoms with Crippen LogP contribution < -0.4 is 5.32 Å². The lowest BCUT2D eigenvalue weighted by atomic mass is 9.85. The van der Waals surface area contributed by atoms with Gasteiger partial charge in [-0.1, -0.05) is 93.6 Å². The second kappa shape index (κ2) is 7.16. The zero-order valence-electron chi connectivity index (χ0n) is 17.1. The first-order valence-corrected chi connectivity index (χ1v) is 9.89. The second-order valence-electron chi connectivity index (χ2n) is 8.44. The highest BCUT2D eigenvalue weighted by Gasteiger charge is 2.18. The molecule has 0 aliphatic carbocycles. The lowest BCUT2D eigenvalue weighted by molar-refractivity contribution is 0.592. The molecule has 0 aliphatic heterocycles. The van der Waals surface area contributed by atoms with E-state index in [-0.39, 0.29) is 5.41 Å². The highest BCUT2D eigenvalue weighted by atomic mass is 14.9. The van der Waals surface area contributed by atoms with Gasteiger partial charge in [0.2, 0.25) is 0 Å². The topological polar surface area (TPSA) is 12.0 Å². The van der Waals surface area contributed by atoms with E-state index in [9.17, 15) is 0 Å². The zero-order valence-corrected chi connectivity index (χ0v) is 17.1. The number of rotatable bonds is 3. The number of nitrogens with one attached hydrogen (secondary N) is 1. The summed E-state index contributed by atoms with van der Waals surface area (Å²) in [7, 11) is 0. The Hall–Kier alpha value is -3.06. The van der Waals surface area contributed by atoms with Crippen molar-refractivity contribution in [3.8, 4) is 11.1 Å². The monoisotopic (exact) mass is 365 g/mol. The Labute approximate surface area is 168 Å². The molecular weight excluding hydrogens is 338 g/mol. The quantitative estimate of drug-likeness (QED) is 0.389. The van der Waals surface area contributed by atoms with Crippen molar-refractivity contribution in [2.75, 3.05) is 5.32 Å². The molecule has 0 spiro atoms. The summed E-state index contributed by atoms with van der Waals surface area (Å²) in [6.45, 7) is 8.95. The second-order valence-corrected chi connectivity index (χ2v) is 8.44. The van der Waals surface area contributed by atoms with Crippen LogP contribution in [0.2, 0.25) is 0 Å². The molecule has 28 heavy (non-hydrogen) atoms. The van der Waals surface area contributed by atoms with Gasteiger partial charge < -0.3 is 5.32 Å². The molecule has 0 saturated heterocycles. The van der Waals surface area contributed by atoms with Crippen molar-refractivity contribution in [1.29, 1.82) is 0 Å². The van der Waals surface area contributed by atoms with Crippen LogP contribution in [0.4, 0.5) is 11.4 Å². The van der Waals surface area contributed by atoms with Crippen LogP contribution in [0.1, 0.15) is 31.9 Å². The number of para-hydroxylation sites is 2. The number of hydrogen-bond donors (Lipinski definition) is 1. The Morgan fingerprint density at radius 1 is 0.571 bits per heavy atom. The van der Waals surface area contributed by atoms with E-state index in [1.54, 1.807) is 0 Å². The summed E-state index contributed by atoms with van der Waals surface area (Å²) >= 11 is 0. The molecule has 140 valence electrons. The molecule has 0 atom stereocenters. The fraction of sp³-hybridized carbons (Fsp3) is 0.185. The van der Waals surface area contributed by atoms with E-state index < -0.39 is 0 Å². The molecule has 1 heteroatoms. The molecule has 0 saturated carbocycles. The third-order valence-electron chi connectivity index (χ3n) is 5.36. The van der Waals surface area contributed by atoms with Gasteiger partial charge in [0.05, 0.1) is 0 Å². The minimum Gasteiger partial charge on any atom is -0.355 e. The average Bonchev–Trinajstić information content (AvgIpc) is 2.69. The van der Waals surface area contributed by atoms with Crippen molar-refractivity contribution in [1.82, 2.24) is 0 Å². The maximum absolute atomic E-state index is 3.73. The predicted octanol–water partition coefficient (Wildman–Crippen LogP) is 7.86. The summed E-state index contributed by atoms with van der Waals surface area (Å²) in [5, 5.41) is 6.33. The summed E-state index contributed by atoms with van der Waals surface area (Å²) in [6, 6.07) is 30.3. The van der Waals surface area contributed by atoms with E-state index in [1.165, 1.54) is 38.7 Å². The molecule has 1 nitrogen and oxygen atoms in total. The molecule has 0 radical (unpaired) electrons. The van der Waals surface area contributed by atoms with Gasteiger partial charge in [-0.15, -0.1) is 0 Å². The fourth-order valence-electron chi connectivity index (χ4n) is 3.90. The van der Waals surface area contributed by atoms with Gasteiger partial charge in [-0.3, -0.25) is 0 Å². The van der Waals surface area contributed by atoms with Gasteiger partial charge in [0, 0.05) is 16.9 Å². The van der Waals surface area contributed by atoms with Crippen LogP contribution in [-0.4, -0.2) is 0 Å². The number of anilines is 2. The van der Waals surface area contributed by atoms with Crippen molar-refractivity contribution in [3.05, 3.63) is 96.1 Å². The van der Waals surface area contributed by atoms with Crippen molar-refractivity contribution < 1.29 is 0 Å². The summed E-state index contributed by atoms with van der Waals surface area (Å²) in [5.41, 5.74) is 7.49. The minimum absolute atomic E-state index is 0.0785. The van der Waals surface area contributed by atoms with Crippen LogP contribution in [0.5, 0.6) is 0 Å². The molecule has 0 unspecified atom stereocenters. The number of fused-ring (bicyclic) bond motifs is 1. The molecular formula is C27H27N. The Kier molecular flexibility index (Phi) is 4.68. The molecule has 4 aromatic rings. The standard InChI is InChI=1S/C27H27N/c1-19-17-18-22(21-12-6-5-11-20(19)21)23-13-7-9-15-25(23)28-26-16-10-8-14-24(26)27(2,3)4/h5-18,28H,1-4H3. The van der Waals surface area contributed by atoms with E-state index in [1.807, 2.05) is 0 Å². The van der Waals surface area contributed by atoms with Crippen molar-refractivity contribution in [3.63, 3.8) is 0 Å². The highest BCUT2D eigenvalue weighted by Crippen LogP contribution is 2.38. The summed E-state index contributed by atoms with van der Waals surface area (Å²) in [5.74, 6) is 0. The Bertz CT molecular complexity index is 1130. The van der Waals surface area contributed by atoms with Gasteiger partial charge in [0.15, 0.2) is 0 Å². The Balaban J connectivity index is 1.86. The third-order valence-corrected chi connectivity index (χ3v) is 5.36. The number of hydrogen-bond acceptors (Lipinski definition) is 1. The number of benzene rings is 4. The first-order valence-electron chi connectivity index (χ1n) is 9.89. The van der Waals surface area contributed by atoms with Crippen LogP contribution in [0.15, 0.2) is 84.9 Å². The van der Waals surface area contributed by atoms with Gasteiger partial charge in [0.1, 0.15) is 0 Å². The lowest BCUT2D eigenvalue weighted by Gasteiger charge is -2.24. The molecule has 1 N–H and O–H groups in total. The van der Waals surface area contributed by atoms with E-state index >= 15 is 0 Å². The van der Waals surface area contributed by atoms with Crippen LogP contribution >= 0.6 is 0 Å². The molecule has 0 aromatic heterocycles. The van der Waals surface area contributed by atoms with Crippen LogP contribution in [0.25, 0.3) is 21.9 Å². The molecule has 4 rings (SSSR count). The van der Waals surface area contributed by atoms with Crippen LogP contribution in [0, 0.1) is 6.92 Å². The number of aryl methyl sites for hydroxylation is 1. The zero-order chi connectivity index (χ0) is 19.7. The molecule has 0 aliphatic rings. The molecule has 0 fully saturated rings. The highest BCUT2D eigenvalue weighted by molar-refractivity contribution is 6.01. The molecule has 0 amide bonds. The largest absolute Gasteiger partial charge is 0.355 e. The SMILES string of the molecule is Cc1ccc(-c2ccccc2Nc2ccccc2C(C)(C)C)c2ccccc12. The van der Waals surface area contributed by atoms with Gasteiger partial charge in [-0.05, 0) is 51.9 Å².